The number of hydrogen-bond donors (Lipinski definition) is 1. The summed E-state index contributed by atoms with van der Waals surface area (Å²) in [6.07, 6.45) is 7.76. The van der Waals surface area contributed by atoms with Gasteiger partial charge in [0.05, 0.1) is 5.75 Å². The van der Waals surface area contributed by atoms with Gasteiger partial charge in [-0.3, -0.25) is 4.79 Å². The Bertz CT molecular complexity index is 524. The van der Waals surface area contributed by atoms with Gasteiger partial charge in [0, 0.05) is 6.20 Å². The van der Waals surface area contributed by atoms with Crippen molar-refractivity contribution < 1.29 is 13.2 Å². The average molecular weight is 283 g/mol. The molecule has 2 rings (SSSR count). The number of amides is 1. The molecule has 1 aliphatic rings. The van der Waals surface area contributed by atoms with Crippen LogP contribution in [0.15, 0.2) is 18.6 Å². The molecule has 0 saturated heterocycles. The summed E-state index contributed by atoms with van der Waals surface area (Å²) in [5.74, 6) is -0.228. The predicted octanol–water partition coefficient (Wildman–Crippen LogP) is 1.12. The lowest BCUT2D eigenvalue weighted by atomic mass is 10.1. The molecule has 0 aromatic carbocycles. The maximum absolute atomic E-state index is 11.8. The van der Waals surface area contributed by atoms with E-state index in [1.54, 1.807) is 0 Å². The Labute approximate surface area is 112 Å². The smallest absolute Gasteiger partial charge is 0.266 e. The topological polar surface area (TPSA) is 89.0 Å². The van der Waals surface area contributed by atoms with E-state index in [-0.39, 0.29) is 11.4 Å². The van der Waals surface area contributed by atoms with E-state index in [4.69, 9.17) is 0 Å². The normalized spacial score (nSPS) is 16.4. The molecule has 1 aromatic rings. The van der Waals surface area contributed by atoms with E-state index >= 15 is 0 Å². The fraction of sp³-hybridized carbons (Fsp3) is 0.583. The minimum absolute atomic E-state index is 0.00547. The van der Waals surface area contributed by atoms with Crippen LogP contribution in [0, 0.1) is 5.92 Å². The summed E-state index contributed by atoms with van der Waals surface area (Å²) in [5, 5.41) is 0. The molecule has 1 amide bonds. The molecule has 6 nitrogen and oxygen atoms in total. The SMILES string of the molecule is O=C(NS(=O)(=O)CCC1CCCC1)c1ccncn1. The molecule has 0 radical (unpaired) electrons. The van der Waals surface area contributed by atoms with Crippen molar-refractivity contribution in [2.75, 3.05) is 5.75 Å². The number of hydrogen-bond acceptors (Lipinski definition) is 5. The Morgan fingerprint density at radius 3 is 2.74 bits per heavy atom. The lowest BCUT2D eigenvalue weighted by Gasteiger charge is -2.10. The quantitative estimate of drug-likeness (QED) is 0.874. The van der Waals surface area contributed by atoms with E-state index in [1.807, 2.05) is 4.72 Å². The average Bonchev–Trinajstić information content (AvgIpc) is 2.90. The molecule has 1 aromatic heterocycles. The number of carbonyl (C=O) groups is 1. The summed E-state index contributed by atoms with van der Waals surface area (Å²) < 4.78 is 25.6. The minimum Gasteiger partial charge on any atom is -0.266 e. The molecule has 1 heterocycles. The number of nitrogens with zero attached hydrogens (tertiary/aromatic N) is 2. The van der Waals surface area contributed by atoms with Crippen LogP contribution in [-0.4, -0.2) is 30.0 Å². The van der Waals surface area contributed by atoms with Gasteiger partial charge in [0.2, 0.25) is 10.0 Å². The largest absolute Gasteiger partial charge is 0.283 e. The Kier molecular flexibility index (Phi) is 4.47. The third-order valence-corrected chi connectivity index (χ3v) is 4.60. The first-order chi connectivity index (χ1) is 9.07. The van der Waals surface area contributed by atoms with Gasteiger partial charge in [0.15, 0.2) is 0 Å². The second kappa shape index (κ2) is 6.10. The van der Waals surface area contributed by atoms with Crippen LogP contribution < -0.4 is 4.72 Å². The standard InChI is InChI=1S/C12H17N3O3S/c16-12(11-5-7-13-9-14-11)15-19(17,18)8-6-10-3-1-2-4-10/h5,7,9-10H,1-4,6,8H2,(H,15,16). The predicted molar refractivity (Wildman–Crippen MR) is 69.9 cm³/mol. The zero-order valence-corrected chi connectivity index (χ0v) is 11.4. The molecule has 0 spiro atoms. The molecule has 1 aliphatic carbocycles. The highest BCUT2D eigenvalue weighted by atomic mass is 32.2. The summed E-state index contributed by atoms with van der Waals surface area (Å²) in [4.78, 5) is 19.1. The molecule has 104 valence electrons. The van der Waals surface area contributed by atoms with E-state index in [2.05, 4.69) is 9.97 Å². The van der Waals surface area contributed by atoms with Gasteiger partial charge in [-0.15, -0.1) is 0 Å². The van der Waals surface area contributed by atoms with Crippen molar-refractivity contribution in [3.63, 3.8) is 0 Å². The molecule has 1 N–H and O–H groups in total. The van der Waals surface area contributed by atoms with Crippen molar-refractivity contribution in [3.05, 3.63) is 24.3 Å². The lowest BCUT2D eigenvalue weighted by molar-refractivity contribution is 0.0976. The van der Waals surface area contributed by atoms with Crippen LogP contribution in [0.25, 0.3) is 0 Å². The number of rotatable bonds is 5. The number of carbonyl (C=O) groups excluding carboxylic acids is 1. The van der Waals surface area contributed by atoms with Crippen molar-refractivity contribution in [1.29, 1.82) is 0 Å². The van der Waals surface area contributed by atoms with Gasteiger partial charge in [0.1, 0.15) is 12.0 Å². The first-order valence-electron chi connectivity index (χ1n) is 6.38. The van der Waals surface area contributed by atoms with Crippen LogP contribution in [0.5, 0.6) is 0 Å². The van der Waals surface area contributed by atoms with E-state index in [0.717, 1.165) is 12.8 Å². The molecular formula is C12H17N3O3S. The van der Waals surface area contributed by atoms with E-state index in [9.17, 15) is 13.2 Å². The Balaban J connectivity index is 1.88. The maximum Gasteiger partial charge on any atom is 0.283 e. The highest BCUT2D eigenvalue weighted by molar-refractivity contribution is 7.90. The van der Waals surface area contributed by atoms with Gasteiger partial charge < -0.3 is 0 Å². The molecule has 0 bridgehead atoms. The van der Waals surface area contributed by atoms with Gasteiger partial charge >= 0.3 is 0 Å². The van der Waals surface area contributed by atoms with Gasteiger partial charge in [-0.1, -0.05) is 25.7 Å². The summed E-state index contributed by atoms with van der Waals surface area (Å²) in [6.45, 7) is 0. The Hall–Kier alpha value is -1.50. The third-order valence-electron chi connectivity index (χ3n) is 3.33. The van der Waals surface area contributed by atoms with Gasteiger partial charge in [-0.2, -0.15) is 0 Å². The highest BCUT2D eigenvalue weighted by Crippen LogP contribution is 2.27. The number of sulfonamides is 1. The first kappa shape index (κ1) is 13.9. The fourth-order valence-electron chi connectivity index (χ4n) is 2.29. The summed E-state index contributed by atoms with van der Waals surface area (Å²) in [6, 6.07) is 1.38. The van der Waals surface area contributed by atoms with Gasteiger partial charge in [0.25, 0.3) is 5.91 Å². The second-order valence-electron chi connectivity index (χ2n) is 4.78. The van der Waals surface area contributed by atoms with Crippen LogP contribution >= 0.6 is 0 Å². The van der Waals surface area contributed by atoms with Crippen LogP contribution in [0.4, 0.5) is 0 Å². The number of aromatic nitrogens is 2. The lowest BCUT2D eigenvalue weighted by Crippen LogP contribution is -2.33. The molecule has 1 fully saturated rings. The van der Waals surface area contributed by atoms with Crippen LogP contribution in [0.3, 0.4) is 0 Å². The van der Waals surface area contributed by atoms with Crippen molar-refractivity contribution >= 4 is 15.9 Å². The molecule has 1 saturated carbocycles. The van der Waals surface area contributed by atoms with Crippen molar-refractivity contribution in [2.45, 2.75) is 32.1 Å². The summed E-state index contributed by atoms with van der Waals surface area (Å²) >= 11 is 0. The van der Waals surface area contributed by atoms with Crippen LogP contribution in [0.1, 0.15) is 42.6 Å². The fourth-order valence-corrected chi connectivity index (χ4v) is 3.42. The minimum atomic E-state index is -3.58. The van der Waals surface area contributed by atoms with E-state index < -0.39 is 15.9 Å². The third kappa shape index (κ3) is 4.27. The van der Waals surface area contributed by atoms with Crippen LogP contribution in [-0.2, 0) is 10.0 Å². The van der Waals surface area contributed by atoms with E-state index in [0.29, 0.717) is 12.3 Å². The molecule has 0 unspecified atom stereocenters. The van der Waals surface area contributed by atoms with Gasteiger partial charge in [-0.25, -0.2) is 23.1 Å². The van der Waals surface area contributed by atoms with Crippen molar-refractivity contribution in [3.8, 4) is 0 Å². The van der Waals surface area contributed by atoms with Crippen LogP contribution in [0.2, 0.25) is 0 Å². The molecule has 7 heteroatoms. The zero-order chi connectivity index (χ0) is 13.7. The summed E-state index contributed by atoms with van der Waals surface area (Å²) in [7, 11) is -3.58. The van der Waals surface area contributed by atoms with E-state index in [1.165, 1.54) is 31.4 Å². The molecule has 0 atom stereocenters. The Morgan fingerprint density at radius 1 is 1.37 bits per heavy atom. The van der Waals surface area contributed by atoms with Crippen molar-refractivity contribution in [2.24, 2.45) is 5.92 Å². The van der Waals surface area contributed by atoms with Gasteiger partial charge in [-0.05, 0) is 18.4 Å². The summed E-state index contributed by atoms with van der Waals surface area (Å²) in [5.41, 5.74) is 0.0550. The van der Waals surface area contributed by atoms with Crippen molar-refractivity contribution in [1.82, 2.24) is 14.7 Å². The zero-order valence-electron chi connectivity index (χ0n) is 10.6. The second-order valence-corrected chi connectivity index (χ2v) is 6.63. The maximum atomic E-state index is 11.8. The Morgan fingerprint density at radius 2 is 2.11 bits per heavy atom. The monoisotopic (exact) mass is 283 g/mol. The molecule has 19 heavy (non-hydrogen) atoms. The number of nitrogens with one attached hydrogen (secondary N) is 1. The first-order valence-corrected chi connectivity index (χ1v) is 8.03. The highest BCUT2D eigenvalue weighted by Gasteiger charge is 2.21. The molecule has 0 aliphatic heterocycles. The molecular weight excluding hydrogens is 266 g/mol.